The molecule has 3 N–H and O–H groups in total. The SMILES string of the molecule is CCC1CCC(NC(=O)c2cc(NC(=O)C(C)C)ccc2Cl)(C(=O)O)CC1. The summed E-state index contributed by atoms with van der Waals surface area (Å²) in [4.78, 5) is 36.6. The van der Waals surface area contributed by atoms with Gasteiger partial charge in [0, 0.05) is 11.6 Å². The van der Waals surface area contributed by atoms with Gasteiger partial charge in [-0.15, -0.1) is 0 Å². The molecule has 0 saturated heterocycles. The van der Waals surface area contributed by atoms with Crippen LogP contribution in [-0.2, 0) is 9.59 Å². The van der Waals surface area contributed by atoms with E-state index in [0.29, 0.717) is 24.4 Å². The third-order valence-electron chi connectivity index (χ3n) is 5.30. The fourth-order valence-corrected chi connectivity index (χ4v) is 3.52. The number of anilines is 1. The lowest BCUT2D eigenvalue weighted by Gasteiger charge is -2.37. The zero-order valence-corrected chi connectivity index (χ0v) is 16.7. The van der Waals surface area contributed by atoms with E-state index in [-0.39, 0.29) is 22.4 Å². The third kappa shape index (κ3) is 5.01. The zero-order chi connectivity index (χ0) is 20.2. The van der Waals surface area contributed by atoms with Crippen molar-refractivity contribution in [1.82, 2.24) is 5.32 Å². The highest BCUT2D eigenvalue weighted by atomic mass is 35.5. The number of halogens is 1. The standard InChI is InChI=1S/C20H27ClN2O4/c1-4-13-7-9-20(10-8-13,19(26)27)23-18(25)15-11-14(5-6-16(15)21)22-17(24)12(2)3/h5-6,11-13H,4,7-10H2,1-3H3,(H,22,24)(H,23,25)(H,26,27). The molecule has 2 rings (SSSR count). The summed E-state index contributed by atoms with van der Waals surface area (Å²) in [7, 11) is 0. The van der Waals surface area contributed by atoms with E-state index in [9.17, 15) is 19.5 Å². The molecule has 1 aliphatic rings. The van der Waals surface area contributed by atoms with Crippen LogP contribution in [0.5, 0.6) is 0 Å². The Hall–Kier alpha value is -2.08. The molecule has 1 saturated carbocycles. The van der Waals surface area contributed by atoms with Gasteiger partial charge in [0.25, 0.3) is 5.91 Å². The number of carbonyl (C=O) groups excluding carboxylic acids is 2. The second kappa shape index (κ2) is 8.74. The molecule has 7 heteroatoms. The number of hydrogen-bond acceptors (Lipinski definition) is 3. The Labute approximate surface area is 164 Å². The fourth-order valence-electron chi connectivity index (χ4n) is 3.32. The molecule has 0 bridgehead atoms. The van der Waals surface area contributed by atoms with Crippen molar-refractivity contribution in [3.05, 3.63) is 28.8 Å². The number of nitrogens with one attached hydrogen (secondary N) is 2. The van der Waals surface area contributed by atoms with Crippen LogP contribution in [0.1, 0.15) is 63.2 Å². The van der Waals surface area contributed by atoms with Gasteiger partial charge in [0.05, 0.1) is 10.6 Å². The molecule has 0 aliphatic heterocycles. The quantitative estimate of drug-likeness (QED) is 0.677. The Morgan fingerprint density at radius 2 is 1.89 bits per heavy atom. The largest absolute Gasteiger partial charge is 0.480 e. The van der Waals surface area contributed by atoms with E-state index >= 15 is 0 Å². The topological polar surface area (TPSA) is 95.5 Å². The minimum atomic E-state index is -1.27. The summed E-state index contributed by atoms with van der Waals surface area (Å²) < 4.78 is 0. The monoisotopic (exact) mass is 394 g/mol. The molecule has 1 fully saturated rings. The third-order valence-corrected chi connectivity index (χ3v) is 5.63. The van der Waals surface area contributed by atoms with Crippen LogP contribution in [0, 0.1) is 11.8 Å². The summed E-state index contributed by atoms with van der Waals surface area (Å²) in [5.41, 5.74) is -0.678. The summed E-state index contributed by atoms with van der Waals surface area (Å²) in [6.07, 6.45) is 3.33. The van der Waals surface area contributed by atoms with Gasteiger partial charge in [-0.25, -0.2) is 4.79 Å². The Morgan fingerprint density at radius 3 is 2.41 bits per heavy atom. The van der Waals surface area contributed by atoms with Crippen molar-refractivity contribution in [3.63, 3.8) is 0 Å². The number of benzene rings is 1. The minimum absolute atomic E-state index is 0.150. The van der Waals surface area contributed by atoms with Crippen molar-refractivity contribution in [2.24, 2.45) is 11.8 Å². The minimum Gasteiger partial charge on any atom is -0.480 e. The van der Waals surface area contributed by atoms with Crippen molar-refractivity contribution in [3.8, 4) is 0 Å². The van der Waals surface area contributed by atoms with Gasteiger partial charge in [-0.3, -0.25) is 9.59 Å². The smallest absolute Gasteiger partial charge is 0.329 e. The number of aliphatic carboxylic acids is 1. The van der Waals surface area contributed by atoms with E-state index in [1.54, 1.807) is 19.9 Å². The summed E-state index contributed by atoms with van der Waals surface area (Å²) in [6, 6.07) is 4.61. The highest BCUT2D eigenvalue weighted by Crippen LogP contribution is 2.34. The molecule has 0 unspecified atom stereocenters. The second-order valence-corrected chi connectivity index (χ2v) is 7.94. The second-order valence-electron chi connectivity index (χ2n) is 7.53. The molecule has 0 radical (unpaired) electrons. The van der Waals surface area contributed by atoms with Gasteiger partial charge in [0.15, 0.2) is 0 Å². The van der Waals surface area contributed by atoms with E-state index in [1.807, 2.05) is 0 Å². The number of amides is 2. The summed E-state index contributed by atoms with van der Waals surface area (Å²) >= 11 is 6.16. The number of carboxylic acids is 1. The number of carbonyl (C=O) groups is 3. The normalized spacial score (nSPS) is 22.3. The van der Waals surface area contributed by atoms with E-state index in [1.165, 1.54) is 12.1 Å². The molecule has 148 valence electrons. The lowest BCUT2D eigenvalue weighted by molar-refractivity contribution is -0.146. The Morgan fingerprint density at radius 1 is 1.26 bits per heavy atom. The van der Waals surface area contributed by atoms with Crippen LogP contribution in [0.3, 0.4) is 0 Å². The lowest BCUT2D eigenvalue weighted by Crippen LogP contribution is -2.56. The molecule has 0 heterocycles. The molecule has 0 atom stereocenters. The fraction of sp³-hybridized carbons (Fsp3) is 0.550. The molecular weight excluding hydrogens is 368 g/mol. The maximum atomic E-state index is 12.8. The first kappa shape index (κ1) is 21.2. The van der Waals surface area contributed by atoms with Crippen molar-refractivity contribution in [2.75, 3.05) is 5.32 Å². The Bertz CT molecular complexity index is 725. The van der Waals surface area contributed by atoms with Gasteiger partial charge in [-0.05, 0) is 49.8 Å². The average molecular weight is 395 g/mol. The molecule has 6 nitrogen and oxygen atoms in total. The average Bonchev–Trinajstić information content (AvgIpc) is 2.63. The number of carboxylic acid groups (broad SMARTS) is 1. The molecule has 1 aliphatic carbocycles. The van der Waals surface area contributed by atoms with Crippen LogP contribution in [0.15, 0.2) is 18.2 Å². The highest BCUT2D eigenvalue weighted by Gasteiger charge is 2.43. The predicted octanol–water partition coefficient (Wildman–Crippen LogP) is 4.09. The first-order valence-corrected chi connectivity index (χ1v) is 9.72. The Kier molecular flexibility index (Phi) is 6.87. The van der Waals surface area contributed by atoms with Gasteiger partial charge < -0.3 is 15.7 Å². The lowest BCUT2D eigenvalue weighted by atomic mass is 9.75. The molecule has 1 aromatic carbocycles. The van der Waals surface area contributed by atoms with E-state index in [0.717, 1.165) is 19.3 Å². The highest BCUT2D eigenvalue weighted by molar-refractivity contribution is 6.34. The maximum Gasteiger partial charge on any atom is 0.329 e. The Balaban J connectivity index is 2.20. The van der Waals surface area contributed by atoms with Crippen LogP contribution < -0.4 is 10.6 Å². The van der Waals surface area contributed by atoms with Crippen LogP contribution >= 0.6 is 11.6 Å². The van der Waals surface area contributed by atoms with Crippen LogP contribution in [0.2, 0.25) is 5.02 Å². The van der Waals surface area contributed by atoms with Gasteiger partial charge in [-0.2, -0.15) is 0 Å². The molecule has 0 spiro atoms. The van der Waals surface area contributed by atoms with Crippen molar-refractivity contribution in [2.45, 2.75) is 58.4 Å². The molecule has 27 heavy (non-hydrogen) atoms. The van der Waals surface area contributed by atoms with E-state index < -0.39 is 17.4 Å². The first-order chi connectivity index (χ1) is 12.7. The molecular formula is C20H27ClN2O4. The van der Waals surface area contributed by atoms with Crippen LogP contribution in [0.4, 0.5) is 5.69 Å². The van der Waals surface area contributed by atoms with Crippen molar-refractivity contribution in [1.29, 1.82) is 0 Å². The number of hydrogen-bond donors (Lipinski definition) is 3. The van der Waals surface area contributed by atoms with Crippen LogP contribution in [-0.4, -0.2) is 28.4 Å². The van der Waals surface area contributed by atoms with Gasteiger partial charge in [0.2, 0.25) is 5.91 Å². The zero-order valence-electron chi connectivity index (χ0n) is 16.0. The molecule has 2 amide bonds. The van der Waals surface area contributed by atoms with Crippen LogP contribution in [0.25, 0.3) is 0 Å². The van der Waals surface area contributed by atoms with E-state index in [4.69, 9.17) is 11.6 Å². The summed E-state index contributed by atoms with van der Waals surface area (Å²) in [6.45, 7) is 5.62. The summed E-state index contributed by atoms with van der Waals surface area (Å²) in [5.74, 6) is -1.46. The number of rotatable bonds is 6. The first-order valence-electron chi connectivity index (χ1n) is 9.35. The maximum absolute atomic E-state index is 12.8. The van der Waals surface area contributed by atoms with Gasteiger partial charge in [-0.1, -0.05) is 38.8 Å². The predicted molar refractivity (Wildman–Crippen MR) is 105 cm³/mol. The van der Waals surface area contributed by atoms with Crippen molar-refractivity contribution >= 4 is 35.1 Å². The van der Waals surface area contributed by atoms with Gasteiger partial charge >= 0.3 is 5.97 Å². The van der Waals surface area contributed by atoms with Gasteiger partial charge in [0.1, 0.15) is 5.54 Å². The molecule has 0 aromatic heterocycles. The van der Waals surface area contributed by atoms with E-state index in [2.05, 4.69) is 17.6 Å². The van der Waals surface area contributed by atoms with Crippen molar-refractivity contribution < 1.29 is 19.5 Å². The summed E-state index contributed by atoms with van der Waals surface area (Å²) in [5, 5.41) is 15.4. The molecule has 1 aromatic rings.